The van der Waals surface area contributed by atoms with Crippen molar-refractivity contribution in [3.8, 4) is 5.75 Å². The highest BCUT2D eigenvalue weighted by atomic mass is 16.5. The number of piperidine rings is 1. The molecule has 1 aliphatic heterocycles. The number of aromatic amines is 1. The third kappa shape index (κ3) is 4.65. The number of benzene rings is 1. The van der Waals surface area contributed by atoms with Crippen LogP contribution in [0.25, 0.3) is 10.9 Å². The summed E-state index contributed by atoms with van der Waals surface area (Å²) >= 11 is 0. The molecule has 2 N–H and O–H groups in total. The molecule has 7 nitrogen and oxygen atoms in total. The van der Waals surface area contributed by atoms with Gasteiger partial charge in [0.2, 0.25) is 5.91 Å². The zero-order chi connectivity index (χ0) is 20.1. The summed E-state index contributed by atoms with van der Waals surface area (Å²) in [7, 11) is 0. The van der Waals surface area contributed by atoms with E-state index in [4.69, 9.17) is 9.47 Å². The lowest BCUT2D eigenvalue weighted by molar-refractivity contribution is -0.117. The number of rotatable bonds is 7. The van der Waals surface area contributed by atoms with Crippen LogP contribution in [0.15, 0.2) is 18.2 Å². The molecule has 0 unspecified atom stereocenters. The van der Waals surface area contributed by atoms with Gasteiger partial charge in [-0.05, 0) is 57.4 Å². The fourth-order valence-electron chi connectivity index (χ4n) is 3.73. The second-order valence-electron chi connectivity index (χ2n) is 7.27. The Morgan fingerprint density at radius 3 is 2.82 bits per heavy atom. The molecule has 1 saturated heterocycles. The standard InChI is InChI=1S/C21H29N3O4/c1-4-27-15-8-9-17-16(11-15)19(20(22-17)21(26)28-5-2)23-18(25)13-24-10-6-7-14(3)12-24/h8-9,11,14,22H,4-7,10,12-13H2,1-3H3,(H,23,25)/t14-/m1/s1. The van der Waals surface area contributed by atoms with Crippen LogP contribution in [0.1, 0.15) is 44.1 Å². The maximum atomic E-state index is 12.7. The molecule has 0 bridgehead atoms. The van der Waals surface area contributed by atoms with Crippen molar-refractivity contribution in [2.45, 2.75) is 33.6 Å². The Morgan fingerprint density at radius 2 is 2.11 bits per heavy atom. The summed E-state index contributed by atoms with van der Waals surface area (Å²) in [6.07, 6.45) is 2.31. The highest BCUT2D eigenvalue weighted by Crippen LogP contribution is 2.31. The molecule has 3 rings (SSSR count). The Morgan fingerprint density at radius 1 is 1.29 bits per heavy atom. The lowest BCUT2D eigenvalue weighted by Crippen LogP contribution is -2.39. The molecule has 0 radical (unpaired) electrons. The van der Waals surface area contributed by atoms with Gasteiger partial charge in [-0.3, -0.25) is 9.69 Å². The number of nitrogens with zero attached hydrogens (tertiary/aromatic N) is 1. The van der Waals surface area contributed by atoms with Gasteiger partial charge in [-0.25, -0.2) is 4.79 Å². The van der Waals surface area contributed by atoms with E-state index in [1.54, 1.807) is 6.92 Å². The van der Waals surface area contributed by atoms with Crippen molar-refractivity contribution in [3.05, 3.63) is 23.9 Å². The second kappa shape index (κ2) is 9.10. The predicted molar refractivity (Wildman–Crippen MR) is 109 cm³/mol. The lowest BCUT2D eigenvalue weighted by atomic mass is 10.0. The van der Waals surface area contributed by atoms with Crippen molar-refractivity contribution in [2.24, 2.45) is 5.92 Å². The van der Waals surface area contributed by atoms with E-state index in [1.807, 2.05) is 25.1 Å². The maximum Gasteiger partial charge on any atom is 0.356 e. The summed E-state index contributed by atoms with van der Waals surface area (Å²) < 4.78 is 10.7. The Bertz CT molecular complexity index is 846. The average molecular weight is 387 g/mol. The number of aromatic nitrogens is 1. The van der Waals surface area contributed by atoms with Gasteiger partial charge in [0.25, 0.3) is 0 Å². The van der Waals surface area contributed by atoms with Gasteiger partial charge in [-0.15, -0.1) is 0 Å². The maximum absolute atomic E-state index is 12.7. The van der Waals surface area contributed by atoms with E-state index >= 15 is 0 Å². The first-order chi connectivity index (χ1) is 13.5. The van der Waals surface area contributed by atoms with E-state index in [1.165, 1.54) is 6.42 Å². The smallest absolute Gasteiger partial charge is 0.356 e. The van der Waals surface area contributed by atoms with Crippen molar-refractivity contribution in [3.63, 3.8) is 0 Å². The third-order valence-electron chi connectivity index (χ3n) is 4.93. The van der Waals surface area contributed by atoms with Gasteiger partial charge in [0, 0.05) is 17.4 Å². The molecule has 1 aromatic heterocycles. The van der Waals surface area contributed by atoms with E-state index in [9.17, 15) is 9.59 Å². The minimum absolute atomic E-state index is 0.137. The summed E-state index contributed by atoms with van der Waals surface area (Å²) in [4.78, 5) is 30.4. The first-order valence-corrected chi connectivity index (χ1v) is 9.99. The minimum atomic E-state index is -0.487. The number of anilines is 1. The summed E-state index contributed by atoms with van der Waals surface area (Å²) in [5, 5.41) is 3.67. The first kappa shape index (κ1) is 20.2. The largest absolute Gasteiger partial charge is 0.494 e. The Hall–Kier alpha value is -2.54. The quantitative estimate of drug-likeness (QED) is 0.712. The molecule has 7 heteroatoms. The average Bonchev–Trinajstić information content (AvgIpc) is 3.00. The van der Waals surface area contributed by atoms with Crippen molar-refractivity contribution < 1.29 is 19.1 Å². The molecule has 0 aliphatic carbocycles. The molecule has 0 spiro atoms. The summed E-state index contributed by atoms with van der Waals surface area (Å²) in [5.74, 6) is 0.657. The highest BCUT2D eigenvalue weighted by molar-refractivity contribution is 6.11. The summed E-state index contributed by atoms with van der Waals surface area (Å²) in [6.45, 7) is 8.82. The van der Waals surface area contributed by atoms with Gasteiger partial charge in [-0.2, -0.15) is 0 Å². The zero-order valence-electron chi connectivity index (χ0n) is 16.8. The van der Waals surface area contributed by atoms with E-state index < -0.39 is 5.97 Å². The topological polar surface area (TPSA) is 83.7 Å². The molecule has 1 aromatic carbocycles. The second-order valence-corrected chi connectivity index (χ2v) is 7.27. The number of H-pyrrole nitrogens is 1. The Kier molecular flexibility index (Phi) is 6.57. The number of carbonyl (C=O) groups excluding carboxylic acids is 2. The number of carbonyl (C=O) groups is 2. The van der Waals surface area contributed by atoms with Crippen molar-refractivity contribution >= 4 is 28.5 Å². The molecule has 1 amide bonds. The number of hydrogen-bond acceptors (Lipinski definition) is 5. The van der Waals surface area contributed by atoms with Crippen LogP contribution in [-0.4, -0.2) is 54.6 Å². The van der Waals surface area contributed by atoms with Crippen LogP contribution in [0, 0.1) is 5.92 Å². The van der Waals surface area contributed by atoms with Crippen LogP contribution in [0.3, 0.4) is 0 Å². The predicted octanol–water partition coefficient (Wildman–Crippen LogP) is 3.41. The van der Waals surface area contributed by atoms with Crippen LogP contribution in [0.5, 0.6) is 5.75 Å². The molecular formula is C21H29N3O4. The lowest BCUT2D eigenvalue weighted by Gasteiger charge is -2.30. The molecule has 28 heavy (non-hydrogen) atoms. The monoisotopic (exact) mass is 387 g/mol. The van der Waals surface area contributed by atoms with Gasteiger partial charge < -0.3 is 19.8 Å². The number of hydrogen-bond donors (Lipinski definition) is 2. The van der Waals surface area contributed by atoms with Crippen LogP contribution in [0.4, 0.5) is 5.69 Å². The van der Waals surface area contributed by atoms with Gasteiger partial charge in [0.15, 0.2) is 0 Å². The number of nitrogens with one attached hydrogen (secondary N) is 2. The molecule has 2 heterocycles. The van der Waals surface area contributed by atoms with E-state index in [2.05, 4.69) is 22.1 Å². The minimum Gasteiger partial charge on any atom is -0.494 e. The van der Waals surface area contributed by atoms with Crippen molar-refractivity contribution in [1.29, 1.82) is 0 Å². The van der Waals surface area contributed by atoms with E-state index in [-0.39, 0.29) is 18.2 Å². The van der Waals surface area contributed by atoms with Crippen molar-refractivity contribution in [2.75, 3.05) is 38.2 Å². The normalized spacial score (nSPS) is 17.5. The van der Waals surface area contributed by atoms with E-state index in [0.29, 0.717) is 30.5 Å². The number of amides is 1. The van der Waals surface area contributed by atoms with E-state index in [0.717, 1.165) is 30.4 Å². The fourth-order valence-corrected chi connectivity index (χ4v) is 3.73. The van der Waals surface area contributed by atoms with Crippen LogP contribution < -0.4 is 10.1 Å². The van der Waals surface area contributed by atoms with Gasteiger partial charge >= 0.3 is 5.97 Å². The third-order valence-corrected chi connectivity index (χ3v) is 4.93. The van der Waals surface area contributed by atoms with Gasteiger partial charge in [0.1, 0.15) is 11.4 Å². The van der Waals surface area contributed by atoms with Gasteiger partial charge in [0.05, 0.1) is 25.4 Å². The Balaban J connectivity index is 1.87. The Labute approximate surface area is 165 Å². The SMILES string of the molecule is CCOC(=O)c1[nH]c2ccc(OCC)cc2c1NC(=O)CN1CCC[C@@H](C)C1. The molecular weight excluding hydrogens is 358 g/mol. The zero-order valence-corrected chi connectivity index (χ0v) is 16.8. The first-order valence-electron chi connectivity index (χ1n) is 9.99. The molecule has 152 valence electrons. The molecule has 1 aliphatic rings. The van der Waals surface area contributed by atoms with Crippen LogP contribution in [-0.2, 0) is 9.53 Å². The number of ether oxygens (including phenoxy) is 2. The highest BCUT2D eigenvalue weighted by Gasteiger charge is 2.23. The molecule has 2 aromatic rings. The molecule has 0 saturated carbocycles. The van der Waals surface area contributed by atoms with Crippen LogP contribution >= 0.6 is 0 Å². The number of likely N-dealkylation sites (tertiary alicyclic amines) is 1. The molecule has 1 fully saturated rings. The molecule has 1 atom stereocenters. The number of esters is 1. The van der Waals surface area contributed by atoms with Crippen molar-refractivity contribution in [1.82, 2.24) is 9.88 Å². The van der Waals surface area contributed by atoms with Crippen LogP contribution in [0.2, 0.25) is 0 Å². The summed E-state index contributed by atoms with van der Waals surface area (Å²) in [5.41, 5.74) is 1.45. The van der Waals surface area contributed by atoms with Gasteiger partial charge in [-0.1, -0.05) is 6.92 Å². The fraction of sp³-hybridized carbons (Fsp3) is 0.524. The summed E-state index contributed by atoms with van der Waals surface area (Å²) in [6, 6.07) is 5.50. The number of fused-ring (bicyclic) bond motifs is 1.